The van der Waals surface area contributed by atoms with Gasteiger partial charge in [-0.2, -0.15) is 0 Å². The molecule has 2 fully saturated rings. The summed E-state index contributed by atoms with van der Waals surface area (Å²) in [5, 5.41) is 16.4. The van der Waals surface area contributed by atoms with Gasteiger partial charge in [-0.15, -0.1) is 0 Å². The summed E-state index contributed by atoms with van der Waals surface area (Å²) in [6.07, 6.45) is 6.04. The zero-order valence-corrected chi connectivity index (χ0v) is 15.7. The Morgan fingerprint density at radius 1 is 1.23 bits per heavy atom. The standard InChI is InChI=1S/C21H32N2O3/c1-26-19-7-5-15(6-8-19)3-2-4-20(25)23-21(17-13-18(24)14-17)16-9-11-22-12-10-16/h5-8,16-18,21-22,24H,2-4,9-14H2,1H3,(H,23,25). The number of hydrogen-bond donors (Lipinski definition) is 3. The molecule has 0 radical (unpaired) electrons. The number of amides is 1. The fourth-order valence-electron chi connectivity index (χ4n) is 4.25. The number of aliphatic hydroxyl groups is 1. The molecule has 1 saturated heterocycles. The third kappa shape index (κ3) is 5.21. The van der Waals surface area contributed by atoms with Crippen LogP contribution in [0.15, 0.2) is 24.3 Å². The number of carbonyl (C=O) groups excluding carboxylic acids is 1. The van der Waals surface area contributed by atoms with Crippen molar-refractivity contribution in [2.75, 3.05) is 20.2 Å². The van der Waals surface area contributed by atoms with Gasteiger partial charge in [-0.1, -0.05) is 12.1 Å². The molecule has 1 atom stereocenters. The molecular formula is C21H32N2O3. The first-order valence-corrected chi connectivity index (χ1v) is 9.97. The molecule has 1 aromatic carbocycles. The summed E-state index contributed by atoms with van der Waals surface area (Å²) in [5.74, 6) is 2.00. The summed E-state index contributed by atoms with van der Waals surface area (Å²) in [5.41, 5.74) is 1.23. The molecule has 0 spiro atoms. The van der Waals surface area contributed by atoms with Crippen LogP contribution in [0.5, 0.6) is 5.75 Å². The van der Waals surface area contributed by atoms with Crippen molar-refractivity contribution in [3.8, 4) is 5.75 Å². The molecule has 1 unspecified atom stereocenters. The van der Waals surface area contributed by atoms with Crippen LogP contribution in [0.2, 0.25) is 0 Å². The summed E-state index contributed by atoms with van der Waals surface area (Å²) in [6.45, 7) is 2.06. The Morgan fingerprint density at radius 3 is 2.54 bits per heavy atom. The number of piperidine rings is 1. The largest absolute Gasteiger partial charge is 0.497 e. The van der Waals surface area contributed by atoms with Crippen molar-refractivity contribution in [3.05, 3.63) is 29.8 Å². The fourth-order valence-corrected chi connectivity index (χ4v) is 4.25. The summed E-state index contributed by atoms with van der Waals surface area (Å²) < 4.78 is 5.17. The van der Waals surface area contributed by atoms with E-state index in [-0.39, 0.29) is 18.1 Å². The molecule has 5 nitrogen and oxygen atoms in total. The van der Waals surface area contributed by atoms with Gasteiger partial charge in [0.2, 0.25) is 5.91 Å². The van der Waals surface area contributed by atoms with E-state index < -0.39 is 0 Å². The van der Waals surface area contributed by atoms with Gasteiger partial charge in [0.15, 0.2) is 0 Å². The van der Waals surface area contributed by atoms with Gasteiger partial charge < -0.3 is 20.5 Å². The average Bonchev–Trinajstić information content (AvgIpc) is 2.65. The van der Waals surface area contributed by atoms with Gasteiger partial charge in [0, 0.05) is 12.5 Å². The Bertz CT molecular complexity index is 563. The Kier molecular flexibility index (Phi) is 6.92. The molecule has 1 heterocycles. The van der Waals surface area contributed by atoms with E-state index in [1.807, 2.05) is 12.1 Å². The highest BCUT2D eigenvalue weighted by molar-refractivity contribution is 5.76. The number of nitrogens with one attached hydrogen (secondary N) is 2. The normalized spacial score (nSPS) is 24.5. The highest BCUT2D eigenvalue weighted by atomic mass is 16.5. The van der Waals surface area contributed by atoms with E-state index in [0.29, 0.717) is 18.3 Å². The van der Waals surface area contributed by atoms with Gasteiger partial charge in [0.05, 0.1) is 13.2 Å². The number of aryl methyl sites for hydroxylation is 1. The Labute approximate surface area is 156 Å². The first kappa shape index (κ1) is 19.2. The lowest BCUT2D eigenvalue weighted by atomic mass is 9.71. The van der Waals surface area contributed by atoms with Crippen LogP contribution >= 0.6 is 0 Å². The van der Waals surface area contributed by atoms with Gasteiger partial charge >= 0.3 is 0 Å². The molecule has 1 aliphatic carbocycles. The maximum Gasteiger partial charge on any atom is 0.220 e. The Balaban J connectivity index is 1.45. The summed E-state index contributed by atoms with van der Waals surface area (Å²) in [7, 11) is 1.67. The van der Waals surface area contributed by atoms with Gasteiger partial charge in [-0.25, -0.2) is 0 Å². The molecule has 1 amide bonds. The number of benzene rings is 1. The summed E-state index contributed by atoms with van der Waals surface area (Å²) >= 11 is 0. The first-order chi connectivity index (χ1) is 12.7. The van der Waals surface area contributed by atoms with Crippen molar-refractivity contribution < 1.29 is 14.6 Å². The number of rotatable bonds is 8. The number of methoxy groups -OCH3 is 1. The lowest BCUT2D eigenvalue weighted by Gasteiger charge is -2.43. The van der Waals surface area contributed by atoms with Crippen molar-refractivity contribution in [1.82, 2.24) is 10.6 Å². The molecular weight excluding hydrogens is 328 g/mol. The minimum Gasteiger partial charge on any atom is -0.497 e. The molecule has 3 N–H and O–H groups in total. The summed E-state index contributed by atoms with van der Waals surface area (Å²) in [6, 6.07) is 8.28. The molecule has 5 heteroatoms. The van der Waals surface area contributed by atoms with E-state index in [1.54, 1.807) is 7.11 Å². The first-order valence-electron chi connectivity index (χ1n) is 9.97. The monoisotopic (exact) mass is 360 g/mol. The van der Waals surface area contributed by atoms with E-state index in [0.717, 1.165) is 57.4 Å². The minimum atomic E-state index is -0.170. The highest BCUT2D eigenvalue weighted by Gasteiger charge is 2.38. The predicted molar refractivity (Wildman–Crippen MR) is 102 cm³/mol. The lowest BCUT2D eigenvalue weighted by Crippen LogP contribution is -2.52. The molecule has 1 aliphatic heterocycles. The molecule has 26 heavy (non-hydrogen) atoms. The van der Waals surface area contributed by atoms with Crippen LogP contribution in [0.1, 0.15) is 44.1 Å². The zero-order chi connectivity index (χ0) is 18.4. The predicted octanol–water partition coefficient (Wildman–Crippen LogP) is 2.27. The van der Waals surface area contributed by atoms with Crippen LogP contribution in [0, 0.1) is 11.8 Å². The number of ether oxygens (including phenoxy) is 1. The maximum atomic E-state index is 12.5. The quantitative estimate of drug-likeness (QED) is 0.665. The Hall–Kier alpha value is -1.59. The van der Waals surface area contributed by atoms with Crippen LogP contribution in [0.3, 0.4) is 0 Å². The molecule has 1 saturated carbocycles. The second kappa shape index (κ2) is 9.38. The van der Waals surface area contributed by atoms with Crippen molar-refractivity contribution >= 4 is 5.91 Å². The molecule has 0 aromatic heterocycles. The molecule has 144 valence electrons. The molecule has 0 bridgehead atoms. The topological polar surface area (TPSA) is 70.6 Å². The second-order valence-electron chi connectivity index (χ2n) is 7.77. The van der Waals surface area contributed by atoms with E-state index in [1.165, 1.54) is 5.56 Å². The van der Waals surface area contributed by atoms with E-state index in [9.17, 15) is 9.90 Å². The van der Waals surface area contributed by atoms with E-state index in [2.05, 4.69) is 22.8 Å². The Morgan fingerprint density at radius 2 is 1.92 bits per heavy atom. The van der Waals surface area contributed by atoms with Crippen LogP contribution in [0.4, 0.5) is 0 Å². The lowest BCUT2D eigenvalue weighted by molar-refractivity contribution is -0.123. The number of hydrogen-bond acceptors (Lipinski definition) is 4. The third-order valence-electron chi connectivity index (χ3n) is 5.91. The zero-order valence-electron chi connectivity index (χ0n) is 15.7. The molecule has 2 aliphatic rings. The third-order valence-corrected chi connectivity index (χ3v) is 5.91. The SMILES string of the molecule is COc1ccc(CCCC(=O)NC(C2CCNCC2)C2CC(O)C2)cc1. The molecule has 3 rings (SSSR count). The van der Waals surface area contributed by atoms with Crippen LogP contribution in [-0.2, 0) is 11.2 Å². The van der Waals surface area contributed by atoms with Crippen LogP contribution in [-0.4, -0.2) is 43.4 Å². The minimum absolute atomic E-state index is 0.156. The van der Waals surface area contributed by atoms with Crippen molar-refractivity contribution in [1.29, 1.82) is 0 Å². The van der Waals surface area contributed by atoms with Crippen LogP contribution in [0.25, 0.3) is 0 Å². The van der Waals surface area contributed by atoms with Gasteiger partial charge in [0.1, 0.15) is 5.75 Å². The maximum absolute atomic E-state index is 12.5. The van der Waals surface area contributed by atoms with Gasteiger partial charge in [0.25, 0.3) is 0 Å². The average molecular weight is 360 g/mol. The van der Waals surface area contributed by atoms with Crippen molar-refractivity contribution in [2.24, 2.45) is 11.8 Å². The van der Waals surface area contributed by atoms with Crippen LogP contribution < -0.4 is 15.4 Å². The van der Waals surface area contributed by atoms with Crippen molar-refractivity contribution in [3.63, 3.8) is 0 Å². The van der Waals surface area contributed by atoms with Gasteiger partial charge in [-0.3, -0.25) is 4.79 Å². The summed E-state index contributed by atoms with van der Waals surface area (Å²) in [4.78, 5) is 12.5. The fraction of sp³-hybridized carbons (Fsp3) is 0.667. The van der Waals surface area contributed by atoms with E-state index in [4.69, 9.17) is 4.74 Å². The number of aliphatic hydroxyl groups excluding tert-OH is 1. The smallest absolute Gasteiger partial charge is 0.220 e. The number of carbonyl (C=O) groups is 1. The van der Waals surface area contributed by atoms with Crippen molar-refractivity contribution in [2.45, 2.75) is 57.1 Å². The van der Waals surface area contributed by atoms with Gasteiger partial charge in [-0.05, 0) is 81.1 Å². The second-order valence-corrected chi connectivity index (χ2v) is 7.77. The van der Waals surface area contributed by atoms with E-state index >= 15 is 0 Å². The molecule has 1 aromatic rings. The highest BCUT2D eigenvalue weighted by Crippen LogP contribution is 2.35.